The van der Waals surface area contributed by atoms with Crippen molar-refractivity contribution in [2.45, 2.75) is 18.1 Å². The molecule has 0 aromatic carbocycles. The molecule has 2 heterocycles. The van der Waals surface area contributed by atoms with Gasteiger partial charge >= 0.3 is 5.69 Å². The van der Waals surface area contributed by atoms with Crippen molar-refractivity contribution in [1.29, 1.82) is 0 Å². The van der Waals surface area contributed by atoms with Crippen LogP contribution in [0.1, 0.15) is 12.8 Å². The number of aromatic nitrogens is 1. The third kappa shape index (κ3) is 2.63. The lowest BCUT2D eigenvalue weighted by molar-refractivity contribution is -0.384. The summed E-state index contributed by atoms with van der Waals surface area (Å²) in [6, 6.07) is 1.65. The molecule has 0 aliphatic carbocycles. The van der Waals surface area contributed by atoms with Gasteiger partial charge in [-0.2, -0.15) is 11.8 Å². The lowest BCUT2D eigenvalue weighted by atomic mass is 10.2. The summed E-state index contributed by atoms with van der Waals surface area (Å²) in [7, 11) is 0. The number of rotatable bonds is 4. The first-order valence-corrected chi connectivity index (χ1v) is 6.26. The molecule has 1 aliphatic heterocycles. The second kappa shape index (κ2) is 5.16. The zero-order chi connectivity index (χ0) is 11.4. The van der Waals surface area contributed by atoms with Crippen molar-refractivity contribution in [3.05, 3.63) is 28.6 Å². The van der Waals surface area contributed by atoms with Crippen molar-refractivity contribution >= 4 is 23.1 Å². The van der Waals surface area contributed by atoms with E-state index in [0.29, 0.717) is 10.9 Å². The molecule has 1 saturated heterocycles. The van der Waals surface area contributed by atoms with Crippen LogP contribution >= 0.6 is 11.8 Å². The maximum atomic E-state index is 10.7. The summed E-state index contributed by atoms with van der Waals surface area (Å²) >= 11 is 1.93. The topological polar surface area (TPSA) is 68.1 Å². The number of nitrogens with zero attached hydrogens (tertiary/aromatic N) is 2. The lowest BCUT2D eigenvalue weighted by Crippen LogP contribution is -2.14. The Morgan fingerprint density at radius 1 is 1.69 bits per heavy atom. The van der Waals surface area contributed by atoms with Crippen molar-refractivity contribution in [1.82, 2.24) is 4.98 Å². The first-order chi connectivity index (χ1) is 7.77. The second-order valence-electron chi connectivity index (χ2n) is 3.67. The van der Waals surface area contributed by atoms with Crippen molar-refractivity contribution in [3.8, 4) is 0 Å². The second-order valence-corrected chi connectivity index (χ2v) is 5.07. The molecule has 0 bridgehead atoms. The smallest absolute Gasteiger partial charge is 0.310 e. The standard InChI is InChI=1S/C10H13N3O2S/c14-13(15)10-7-11-4-3-9(10)12-6-8-2-1-5-16-8/h3-4,7-8H,1-2,5-6H2,(H,11,12). The molecular formula is C10H13N3O2S. The Morgan fingerprint density at radius 3 is 3.25 bits per heavy atom. The average molecular weight is 239 g/mol. The van der Waals surface area contributed by atoms with Crippen molar-refractivity contribution < 1.29 is 4.92 Å². The van der Waals surface area contributed by atoms with E-state index in [0.717, 1.165) is 6.54 Å². The van der Waals surface area contributed by atoms with Crippen LogP contribution in [0.3, 0.4) is 0 Å². The average Bonchev–Trinajstić information content (AvgIpc) is 2.79. The van der Waals surface area contributed by atoms with Gasteiger partial charge in [0.05, 0.1) is 4.92 Å². The van der Waals surface area contributed by atoms with Crippen LogP contribution in [0.4, 0.5) is 11.4 Å². The minimum Gasteiger partial charge on any atom is -0.378 e. The molecule has 1 N–H and O–H groups in total. The van der Waals surface area contributed by atoms with Crippen LogP contribution in [-0.2, 0) is 0 Å². The third-order valence-corrected chi connectivity index (χ3v) is 3.94. The number of hydrogen-bond acceptors (Lipinski definition) is 5. The van der Waals surface area contributed by atoms with E-state index >= 15 is 0 Å². The van der Waals surface area contributed by atoms with Gasteiger partial charge in [-0.3, -0.25) is 15.1 Å². The maximum absolute atomic E-state index is 10.7. The molecule has 1 unspecified atom stereocenters. The van der Waals surface area contributed by atoms with Gasteiger partial charge in [0.15, 0.2) is 0 Å². The van der Waals surface area contributed by atoms with E-state index in [4.69, 9.17) is 0 Å². The summed E-state index contributed by atoms with van der Waals surface area (Å²) in [5.41, 5.74) is 0.609. The Labute approximate surface area is 97.8 Å². The largest absolute Gasteiger partial charge is 0.378 e. The monoisotopic (exact) mass is 239 g/mol. The van der Waals surface area contributed by atoms with Crippen LogP contribution in [0.2, 0.25) is 0 Å². The zero-order valence-corrected chi connectivity index (χ0v) is 9.57. The van der Waals surface area contributed by atoms with Gasteiger partial charge < -0.3 is 5.32 Å². The summed E-state index contributed by atoms with van der Waals surface area (Å²) in [4.78, 5) is 14.1. The van der Waals surface area contributed by atoms with Crippen LogP contribution in [0.15, 0.2) is 18.5 Å². The van der Waals surface area contributed by atoms with E-state index in [2.05, 4.69) is 10.3 Å². The Balaban J connectivity index is 2.00. The van der Waals surface area contributed by atoms with Crippen LogP contribution < -0.4 is 5.32 Å². The van der Waals surface area contributed by atoms with Gasteiger partial charge in [0, 0.05) is 18.0 Å². The fourth-order valence-corrected chi connectivity index (χ4v) is 2.91. The molecule has 1 aromatic rings. The van der Waals surface area contributed by atoms with Gasteiger partial charge in [-0.1, -0.05) is 0 Å². The predicted octanol–water partition coefficient (Wildman–Crippen LogP) is 2.30. The minimum absolute atomic E-state index is 0.0468. The molecule has 0 saturated carbocycles. The number of hydrogen-bond donors (Lipinski definition) is 1. The van der Waals surface area contributed by atoms with Crippen molar-refractivity contribution in [2.24, 2.45) is 0 Å². The fraction of sp³-hybridized carbons (Fsp3) is 0.500. The number of thioether (sulfide) groups is 1. The molecule has 0 amide bonds. The molecule has 5 nitrogen and oxygen atoms in total. The summed E-state index contributed by atoms with van der Waals surface area (Å²) in [6.45, 7) is 0.787. The lowest BCUT2D eigenvalue weighted by Gasteiger charge is -2.10. The molecular weight excluding hydrogens is 226 g/mol. The Hall–Kier alpha value is -1.30. The molecule has 0 spiro atoms. The Kier molecular flexibility index (Phi) is 3.61. The molecule has 1 aliphatic rings. The number of nitro groups is 1. The predicted molar refractivity (Wildman–Crippen MR) is 64.9 cm³/mol. The van der Waals surface area contributed by atoms with Gasteiger partial charge in [-0.25, -0.2) is 0 Å². The van der Waals surface area contributed by atoms with Gasteiger partial charge in [0.25, 0.3) is 0 Å². The van der Waals surface area contributed by atoms with Crippen molar-refractivity contribution in [2.75, 3.05) is 17.6 Å². The highest BCUT2D eigenvalue weighted by molar-refractivity contribution is 8.00. The van der Waals surface area contributed by atoms with Crippen LogP contribution in [-0.4, -0.2) is 27.5 Å². The maximum Gasteiger partial charge on any atom is 0.310 e. The Morgan fingerprint density at radius 2 is 2.56 bits per heavy atom. The molecule has 2 rings (SSSR count). The van der Waals surface area contributed by atoms with Gasteiger partial charge in [-0.05, 0) is 24.7 Å². The molecule has 86 valence electrons. The van der Waals surface area contributed by atoms with E-state index in [-0.39, 0.29) is 5.69 Å². The SMILES string of the molecule is O=[N+]([O-])c1cnccc1NCC1CCCS1. The molecule has 1 fully saturated rings. The Bertz CT molecular complexity index is 380. The van der Waals surface area contributed by atoms with Crippen molar-refractivity contribution in [3.63, 3.8) is 0 Å². The molecule has 0 radical (unpaired) electrons. The number of nitrogens with one attached hydrogen (secondary N) is 1. The molecule has 1 atom stereocenters. The highest BCUT2D eigenvalue weighted by atomic mass is 32.2. The normalized spacial score (nSPS) is 19.6. The van der Waals surface area contributed by atoms with E-state index < -0.39 is 4.92 Å². The van der Waals surface area contributed by atoms with Crippen LogP contribution in [0, 0.1) is 10.1 Å². The first-order valence-electron chi connectivity index (χ1n) is 5.21. The highest BCUT2D eigenvalue weighted by Gasteiger charge is 2.18. The van der Waals surface area contributed by atoms with Gasteiger partial charge in [-0.15, -0.1) is 0 Å². The number of anilines is 1. The van der Waals surface area contributed by atoms with E-state index in [1.807, 2.05) is 11.8 Å². The van der Waals surface area contributed by atoms with Gasteiger partial charge in [0.1, 0.15) is 11.9 Å². The van der Waals surface area contributed by atoms with E-state index in [9.17, 15) is 10.1 Å². The highest BCUT2D eigenvalue weighted by Crippen LogP contribution is 2.28. The summed E-state index contributed by atoms with van der Waals surface area (Å²) < 4.78 is 0. The molecule has 1 aromatic heterocycles. The fourth-order valence-electron chi connectivity index (χ4n) is 1.71. The van der Waals surface area contributed by atoms with Crippen LogP contribution in [0.5, 0.6) is 0 Å². The molecule has 6 heteroatoms. The summed E-state index contributed by atoms with van der Waals surface area (Å²) in [5, 5.41) is 14.4. The first kappa shape index (κ1) is 11.2. The quantitative estimate of drug-likeness (QED) is 0.645. The van der Waals surface area contributed by atoms with E-state index in [1.165, 1.54) is 24.8 Å². The van der Waals surface area contributed by atoms with Gasteiger partial charge in [0.2, 0.25) is 0 Å². The molecule has 16 heavy (non-hydrogen) atoms. The summed E-state index contributed by atoms with van der Waals surface area (Å²) in [6.07, 6.45) is 5.28. The zero-order valence-electron chi connectivity index (χ0n) is 8.76. The third-order valence-electron chi connectivity index (χ3n) is 2.54. The number of pyridine rings is 1. The van der Waals surface area contributed by atoms with E-state index in [1.54, 1.807) is 12.3 Å². The van der Waals surface area contributed by atoms with Crippen LogP contribution in [0.25, 0.3) is 0 Å². The summed E-state index contributed by atoms with van der Waals surface area (Å²) in [5.74, 6) is 1.20. The minimum atomic E-state index is -0.406.